The van der Waals surface area contributed by atoms with Crippen molar-refractivity contribution in [1.82, 2.24) is 5.32 Å². The van der Waals surface area contributed by atoms with Crippen molar-refractivity contribution < 1.29 is 4.74 Å². The number of rotatable bonds is 2. The SMILES string of the molecule is CCC1c2ccccc2OC1C1=NCCN1. The van der Waals surface area contributed by atoms with Gasteiger partial charge in [0.05, 0.1) is 6.54 Å². The van der Waals surface area contributed by atoms with E-state index in [9.17, 15) is 0 Å². The molecule has 2 heterocycles. The molecule has 3 rings (SSSR count). The topological polar surface area (TPSA) is 33.6 Å². The Labute approximate surface area is 95.5 Å². The summed E-state index contributed by atoms with van der Waals surface area (Å²) in [5.41, 5.74) is 1.33. The zero-order chi connectivity index (χ0) is 11.0. The van der Waals surface area contributed by atoms with Crippen molar-refractivity contribution in [2.75, 3.05) is 13.1 Å². The van der Waals surface area contributed by atoms with Gasteiger partial charge in [0.1, 0.15) is 11.6 Å². The van der Waals surface area contributed by atoms with Crippen LogP contribution in [0.5, 0.6) is 5.75 Å². The third-order valence-corrected chi connectivity index (χ3v) is 3.35. The summed E-state index contributed by atoms with van der Waals surface area (Å²) in [4.78, 5) is 4.48. The molecule has 0 aliphatic carbocycles. The molecule has 0 saturated heterocycles. The van der Waals surface area contributed by atoms with Gasteiger partial charge < -0.3 is 10.1 Å². The maximum absolute atomic E-state index is 6.00. The maximum atomic E-state index is 6.00. The zero-order valence-electron chi connectivity index (χ0n) is 9.44. The first kappa shape index (κ1) is 9.70. The van der Waals surface area contributed by atoms with Crippen LogP contribution in [-0.2, 0) is 0 Å². The number of amidine groups is 1. The van der Waals surface area contributed by atoms with Crippen LogP contribution in [0.4, 0.5) is 0 Å². The molecular formula is C13H16N2O. The Hall–Kier alpha value is -1.51. The Balaban J connectivity index is 1.94. The highest BCUT2D eigenvalue weighted by atomic mass is 16.5. The fourth-order valence-corrected chi connectivity index (χ4v) is 2.56. The van der Waals surface area contributed by atoms with Crippen LogP contribution in [0, 0.1) is 0 Å². The maximum Gasteiger partial charge on any atom is 0.162 e. The van der Waals surface area contributed by atoms with E-state index in [0.29, 0.717) is 5.92 Å². The first-order chi connectivity index (χ1) is 7.90. The molecule has 2 aliphatic heterocycles. The van der Waals surface area contributed by atoms with E-state index in [1.54, 1.807) is 0 Å². The van der Waals surface area contributed by atoms with E-state index in [0.717, 1.165) is 31.1 Å². The molecule has 3 heteroatoms. The van der Waals surface area contributed by atoms with E-state index in [1.807, 2.05) is 12.1 Å². The number of ether oxygens (including phenoxy) is 1. The summed E-state index contributed by atoms with van der Waals surface area (Å²) in [5, 5.41) is 3.32. The Kier molecular flexibility index (Phi) is 2.31. The molecule has 0 radical (unpaired) electrons. The highest BCUT2D eigenvalue weighted by molar-refractivity contribution is 5.90. The first-order valence-corrected chi connectivity index (χ1v) is 5.94. The predicted molar refractivity (Wildman–Crippen MR) is 64.2 cm³/mol. The number of hydrogen-bond acceptors (Lipinski definition) is 3. The van der Waals surface area contributed by atoms with Crippen LogP contribution < -0.4 is 10.1 Å². The van der Waals surface area contributed by atoms with Crippen LogP contribution in [0.25, 0.3) is 0 Å². The largest absolute Gasteiger partial charge is 0.482 e. The minimum absolute atomic E-state index is 0.102. The molecule has 2 atom stereocenters. The molecule has 3 nitrogen and oxygen atoms in total. The van der Waals surface area contributed by atoms with Crippen molar-refractivity contribution in [3.8, 4) is 5.75 Å². The van der Waals surface area contributed by atoms with Crippen LogP contribution >= 0.6 is 0 Å². The van der Waals surface area contributed by atoms with E-state index in [1.165, 1.54) is 5.56 Å². The van der Waals surface area contributed by atoms with Gasteiger partial charge in [-0.2, -0.15) is 0 Å². The molecule has 0 amide bonds. The number of benzene rings is 1. The average molecular weight is 216 g/mol. The molecule has 1 aromatic rings. The number of para-hydroxylation sites is 1. The van der Waals surface area contributed by atoms with E-state index < -0.39 is 0 Å². The van der Waals surface area contributed by atoms with Gasteiger partial charge in [0, 0.05) is 18.0 Å². The Bertz CT molecular complexity index is 428. The van der Waals surface area contributed by atoms with Crippen molar-refractivity contribution >= 4 is 5.84 Å². The summed E-state index contributed by atoms with van der Waals surface area (Å²) in [6.07, 6.45) is 1.19. The van der Waals surface area contributed by atoms with Crippen molar-refractivity contribution in [2.24, 2.45) is 4.99 Å². The third kappa shape index (κ3) is 1.39. The van der Waals surface area contributed by atoms with Crippen molar-refractivity contribution in [1.29, 1.82) is 0 Å². The quantitative estimate of drug-likeness (QED) is 0.819. The highest BCUT2D eigenvalue weighted by Gasteiger charge is 2.37. The van der Waals surface area contributed by atoms with Gasteiger partial charge in [-0.25, -0.2) is 0 Å². The van der Waals surface area contributed by atoms with Gasteiger partial charge in [0.2, 0.25) is 0 Å². The normalized spacial score (nSPS) is 26.9. The fraction of sp³-hybridized carbons (Fsp3) is 0.462. The second kappa shape index (κ2) is 3.81. The smallest absolute Gasteiger partial charge is 0.162 e. The number of nitrogens with one attached hydrogen (secondary N) is 1. The first-order valence-electron chi connectivity index (χ1n) is 5.94. The Morgan fingerprint density at radius 1 is 1.44 bits per heavy atom. The molecule has 1 aromatic carbocycles. The molecule has 0 bridgehead atoms. The lowest BCUT2D eigenvalue weighted by Gasteiger charge is -2.17. The lowest BCUT2D eigenvalue weighted by Crippen LogP contribution is -2.36. The molecule has 0 fully saturated rings. The van der Waals surface area contributed by atoms with E-state index in [4.69, 9.17) is 4.74 Å². The third-order valence-electron chi connectivity index (χ3n) is 3.35. The number of fused-ring (bicyclic) bond motifs is 1. The number of aliphatic imine (C=N–C) groups is 1. The molecule has 16 heavy (non-hydrogen) atoms. The van der Waals surface area contributed by atoms with Gasteiger partial charge in [-0.1, -0.05) is 25.1 Å². The second-order valence-corrected chi connectivity index (χ2v) is 4.28. The van der Waals surface area contributed by atoms with Gasteiger partial charge in [0.25, 0.3) is 0 Å². The summed E-state index contributed by atoms with van der Waals surface area (Å²) in [6.45, 7) is 4.03. The molecule has 0 spiro atoms. The molecule has 2 unspecified atom stereocenters. The lowest BCUT2D eigenvalue weighted by molar-refractivity contribution is 0.267. The molecule has 84 valence electrons. The summed E-state index contributed by atoms with van der Waals surface area (Å²) >= 11 is 0. The zero-order valence-corrected chi connectivity index (χ0v) is 9.44. The summed E-state index contributed by atoms with van der Waals surface area (Å²) in [5.74, 6) is 2.50. The lowest BCUT2D eigenvalue weighted by atomic mass is 9.92. The molecule has 1 N–H and O–H groups in total. The van der Waals surface area contributed by atoms with Crippen LogP contribution in [0.2, 0.25) is 0 Å². The van der Waals surface area contributed by atoms with Gasteiger partial charge in [-0.05, 0) is 12.5 Å². The van der Waals surface area contributed by atoms with Gasteiger partial charge >= 0.3 is 0 Å². The monoisotopic (exact) mass is 216 g/mol. The predicted octanol–water partition coefficient (Wildman–Crippen LogP) is 1.94. The summed E-state index contributed by atoms with van der Waals surface area (Å²) < 4.78 is 6.00. The minimum Gasteiger partial charge on any atom is -0.482 e. The minimum atomic E-state index is 0.102. The Morgan fingerprint density at radius 3 is 3.06 bits per heavy atom. The van der Waals surface area contributed by atoms with E-state index >= 15 is 0 Å². The van der Waals surface area contributed by atoms with E-state index in [2.05, 4.69) is 29.4 Å². The summed E-state index contributed by atoms with van der Waals surface area (Å²) in [7, 11) is 0. The average Bonchev–Trinajstić information content (AvgIpc) is 2.95. The van der Waals surface area contributed by atoms with Crippen molar-refractivity contribution in [3.63, 3.8) is 0 Å². The van der Waals surface area contributed by atoms with Gasteiger partial charge in [0.15, 0.2) is 6.10 Å². The molecular weight excluding hydrogens is 200 g/mol. The second-order valence-electron chi connectivity index (χ2n) is 4.28. The van der Waals surface area contributed by atoms with Crippen LogP contribution in [0.3, 0.4) is 0 Å². The van der Waals surface area contributed by atoms with E-state index in [-0.39, 0.29) is 6.10 Å². The standard InChI is InChI=1S/C13H16N2O/c1-2-9-10-5-3-4-6-11(10)16-12(9)13-14-7-8-15-13/h3-6,9,12H,2,7-8H2,1H3,(H,14,15). The molecule has 2 aliphatic rings. The van der Waals surface area contributed by atoms with Crippen LogP contribution in [-0.4, -0.2) is 25.0 Å². The summed E-state index contributed by atoms with van der Waals surface area (Å²) in [6, 6.07) is 8.32. The molecule has 0 saturated carbocycles. The van der Waals surface area contributed by atoms with Crippen LogP contribution in [0.1, 0.15) is 24.8 Å². The highest BCUT2D eigenvalue weighted by Crippen LogP contribution is 2.40. The fourth-order valence-electron chi connectivity index (χ4n) is 2.56. The Morgan fingerprint density at radius 2 is 2.31 bits per heavy atom. The van der Waals surface area contributed by atoms with Gasteiger partial charge in [-0.15, -0.1) is 0 Å². The number of nitrogens with zero attached hydrogens (tertiary/aromatic N) is 1. The number of hydrogen-bond donors (Lipinski definition) is 1. The van der Waals surface area contributed by atoms with Crippen LogP contribution in [0.15, 0.2) is 29.3 Å². The van der Waals surface area contributed by atoms with Crippen molar-refractivity contribution in [3.05, 3.63) is 29.8 Å². The van der Waals surface area contributed by atoms with Gasteiger partial charge in [-0.3, -0.25) is 4.99 Å². The molecule has 0 aromatic heterocycles. The van der Waals surface area contributed by atoms with Crippen molar-refractivity contribution in [2.45, 2.75) is 25.4 Å².